The highest BCUT2D eigenvalue weighted by molar-refractivity contribution is 7.98. The van der Waals surface area contributed by atoms with Crippen LogP contribution in [0.5, 0.6) is 0 Å². The maximum Gasteiger partial charge on any atom is 0.224 e. The van der Waals surface area contributed by atoms with Gasteiger partial charge in [-0.3, -0.25) is 4.79 Å². The van der Waals surface area contributed by atoms with E-state index >= 15 is 0 Å². The summed E-state index contributed by atoms with van der Waals surface area (Å²) in [5.74, 6) is 0.0296. The first-order valence-electron chi connectivity index (χ1n) is 4.86. The van der Waals surface area contributed by atoms with Crippen molar-refractivity contribution in [2.75, 3.05) is 19.3 Å². The normalized spacial score (nSPS) is 10.0. The van der Waals surface area contributed by atoms with Gasteiger partial charge >= 0.3 is 0 Å². The number of rotatable bonds is 5. The highest BCUT2D eigenvalue weighted by Gasteiger charge is 2.05. The van der Waals surface area contributed by atoms with Gasteiger partial charge in [-0.25, -0.2) is 0 Å². The molecule has 0 fully saturated rings. The van der Waals surface area contributed by atoms with Crippen molar-refractivity contribution < 1.29 is 4.79 Å². The fourth-order valence-corrected chi connectivity index (χ4v) is 1.91. The Morgan fingerprint density at radius 1 is 1.47 bits per heavy atom. The van der Waals surface area contributed by atoms with E-state index in [4.69, 9.17) is 5.73 Å². The maximum atomic E-state index is 11.5. The van der Waals surface area contributed by atoms with Crippen molar-refractivity contribution in [1.82, 2.24) is 5.32 Å². The molecule has 0 saturated carbocycles. The topological polar surface area (TPSA) is 55.1 Å². The van der Waals surface area contributed by atoms with Crippen LogP contribution in [0.15, 0.2) is 29.2 Å². The van der Waals surface area contributed by atoms with Gasteiger partial charge in [0.05, 0.1) is 6.42 Å². The van der Waals surface area contributed by atoms with Gasteiger partial charge in [-0.1, -0.05) is 18.2 Å². The quantitative estimate of drug-likeness (QED) is 0.734. The largest absolute Gasteiger partial charge is 0.355 e. The summed E-state index contributed by atoms with van der Waals surface area (Å²) in [7, 11) is 0. The molecule has 0 atom stereocenters. The summed E-state index contributed by atoms with van der Waals surface area (Å²) >= 11 is 1.66. The molecule has 0 heterocycles. The Balaban J connectivity index is 2.59. The molecule has 82 valence electrons. The van der Waals surface area contributed by atoms with E-state index in [2.05, 4.69) is 5.32 Å². The van der Waals surface area contributed by atoms with E-state index in [1.54, 1.807) is 11.8 Å². The minimum Gasteiger partial charge on any atom is -0.355 e. The van der Waals surface area contributed by atoms with Crippen LogP contribution in [0.25, 0.3) is 0 Å². The van der Waals surface area contributed by atoms with Gasteiger partial charge < -0.3 is 11.1 Å². The lowest BCUT2D eigenvalue weighted by molar-refractivity contribution is -0.120. The molecule has 1 amide bonds. The molecule has 1 aromatic carbocycles. The number of hydrogen-bond acceptors (Lipinski definition) is 3. The highest BCUT2D eigenvalue weighted by atomic mass is 32.2. The van der Waals surface area contributed by atoms with Crippen LogP contribution in [0, 0.1) is 0 Å². The van der Waals surface area contributed by atoms with Crippen LogP contribution in [0.2, 0.25) is 0 Å². The Morgan fingerprint density at radius 2 is 2.20 bits per heavy atom. The second-order valence-corrected chi connectivity index (χ2v) is 3.98. The molecule has 1 aromatic rings. The van der Waals surface area contributed by atoms with Gasteiger partial charge in [0.25, 0.3) is 0 Å². The van der Waals surface area contributed by atoms with Gasteiger partial charge in [0.2, 0.25) is 5.91 Å². The van der Waals surface area contributed by atoms with Crippen LogP contribution < -0.4 is 11.1 Å². The minimum atomic E-state index is 0.0296. The Labute approximate surface area is 94.4 Å². The van der Waals surface area contributed by atoms with E-state index in [0.717, 1.165) is 10.5 Å². The van der Waals surface area contributed by atoms with Crippen molar-refractivity contribution in [2.45, 2.75) is 11.3 Å². The summed E-state index contributed by atoms with van der Waals surface area (Å²) in [6.07, 6.45) is 2.44. The van der Waals surface area contributed by atoms with Gasteiger partial charge in [-0.05, 0) is 17.9 Å². The predicted octanol–water partition coefficient (Wildman–Crippen LogP) is 1.03. The summed E-state index contributed by atoms with van der Waals surface area (Å²) in [5.41, 5.74) is 6.38. The highest BCUT2D eigenvalue weighted by Crippen LogP contribution is 2.19. The van der Waals surface area contributed by atoms with Crippen molar-refractivity contribution in [1.29, 1.82) is 0 Å². The Kier molecular flexibility index (Phi) is 5.21. The van der Waals surface area contributed by atoms with Crippen LogP contribution in [0.1, 0.15) is 5.56 Å². The Hall–Kier alpha value is -1.00. The number of hydrogen-bond donors (Lipinski definition) is 2. The van der Waals surface area contributed by atoms with Crippen molar-refractivity contribution in [2.24, 2.45) is 5.73 Å². The third-order valence-electron chi connectivity index (χ3n) is 2.01. The minimum absolute atomic E-state index is 0.0296. The SMILES string of the molecule is CSc1ccccc1CC(=O)NCCN. The molecule has 3 N–H and O–H groups in total. The predicted molar refractivity (Wildman–Crippen MR) is 64.0 cm³/mol. The van der Waals surface area contributed by atoms with E-state index in [9.17, 15) is 4.79 Å². The van der Waals surface area contributed by atoms with Crippen LogP contribution in [0.4, 0.5) is 0 Å². The fourth-order valence-electron chi connectivity index (χ4n) is 1.30. The summed E-state index contributed by atoms with van der Waals surface area (Å²) in [6, 6.07) is 7.93. The molecule has 0 aliphatic rings. The van der Waals surface area contributed by atoms with Crippen LogP contribution in [-0.2, 0) is 11.2 Å². The average Bonchev–Trinajstić information content (AvgIpc) is 2.27. The van der Waals surface area contributed by atoms with Crippen LogP contribution >= 0.6 is 11.8 Å². The molecule has 0 radical (unpaired) electrons. The monoisotopic (exact) mass is 224 g/mol. The van der Waals surface area contributed by atoms with Crippen molar-refractivity contribution in [3.63, 3.8) is 0 Å². The molecular formula is C11H16N2OS. The maximum absolute atomic E-state index is 11.5. The standard InChI is InChI=1S/C11H16N2OS/c1-15-10-5-3-2-4-9(10)8-11(14)13-7-6-12/h2-5H,6-8,12H2,1H3,(H,13,14). The molecule has 0 aliphatic carbocycles. The number of thioether (sulfide) groups is 1. The average molecular weight is 224 g/mol. The Morgan fingerprint density at radius 3 is 2.87 bits per heavy atom. The van der Waals surface area contributed by atoms with E-state index in [1.165, 1.54) is 0 Å². The lowest BCUT2D eigenvalue weighted by atomic mass is 10.1. The zero-order chi connectivity index (χ0) is 11.1. The van der Waals surface area contributed by atoms with Crippen LogP contribution in [-0.4, -0.2) is 25.3 Å². The molecule has 0 saturated heterocycles. The van der Waals surface area contributed by atoms with Gasteiger partial charge in [-0.2, -0.15) is 0 Å². The summed E-state index contributed by atoms with van der Waals surface area (Å²) in [4.78, 5) is 12.6. The smallest absolute Gasteiger partial charge is 0.224 e. The third kappa shape index (κ3) is 3.93. The molecule has 0 unspecified atom stereocenters. The molecule has 0 bridgehead atoms. The molecule has 0 aliphatic heterocycles. The number of amides is 1. The molecule has 15 heavy (non-hydrogen) atoms. The van der Waals surface area contributed by atoms with Gasteiger partial charge in [-0.15, -0.1) is 11.8 Å². The lowest BCUT2D eigenvalue weighted by Gasteiger charge is -2.07. The second-order valence-electron chi connectivity index (χ2n) is 3.13. The van der Waals surface area contributed by atoms with Crippen molar-refractivity contribution in [3.05, 3.63) is 29.8 Å². The first-order valence-corrected chi connectivity index (χ1v) is 6.09. The summed E-state index contributed by atoms with van der Waals surface area (Å²) < 4.78 is 0. The molecular weight excluding hydrogens is 208 g/mol. The fraction of sp³-hybridized carbons (Fsp3) is 0.364. The zero-order valence-corrected chi connectivity index (χ0v) is 9.64. The summed E-state index contributed by atoms with van der Waals surface area (Å²) in [6.45, 7) is 1.02. The lowest BCUT2D eigenvalue weighted by Crippen LogP contribution is -2.30. The number of nitrogens with two attached hydrogens (primary N) is 1. The second kappa shape index (κ2) is 6.48. The number of carbonyl (C=O) groups is 1. The first kappa shape index (κ1) is 12.1. The number of benzene rings is 1. The van der Waals surface area contributed by atoms with Gasteiger partial charge in [0, 0.05) is 18.0 Å². The zero-order valence-electron chi connectivity index (χ0n) is 8.82. The van der Waals surface area contributed by atoms with Gasteiger partial charge in [0.15, 0.2) is 0 Å². The van der Waals surface area contributed by atoms with Crippen molar-refractivity contribution >= 4 is 17.7 Å². The number of nitrogens with one attached hydrogen (secondary N) is 1. The molecule has 0 spiro atoms. The number of carbonyl (C=O) groups excluding carboxylic acids is 1. The van der Waals surface area contributed by atoms with Crippen molar-refractivity contribution in [3.8, 4) is 0 Å². The van der Waals surface area contributed by atoms with Crippen LogP contribution in [0.3, 0.4) is 0 Å². The summed E-state index contributed by atoms with van der Waals surface area (Å²) in [5, 5.41) is 2.76. The van der Waals surface area contributed by atoms with E-state index in [1.807, 2.05) is 30.5 Å². The third-order valence-corrected chi connectivity index (χ3v) is 2.85. The van der Waals surface area contributed by atoms with E-state index in [-0.39, 0.29) is 5.91 Å². The molecule has 1 rings (SSSR count). The Bertz CT molecular complexity index is 328. The first-order chi connectivity index (χ1) is 7.27. The molecule has 4 heteroatoms. The molecule has 3 nitrogen and oxygen atoms in total. The van der Waals surface area contributed by atoms with E-state index < -0.39 is 0 Å². The van der Waals surface area contributed by atoms with Gasteiger partial charge in [0.1, 0.15) is 0 Å². The molecule has 0 aromatic heterocycles. The van der Waals surface area contributed by atoms with E-state index in [0.29, 0.717) is 19.5 Å².